The van der Waals surface area contributed by atoms with E-state index in [1.807, 2.05) is 0 Å². The average molecular weight is 834 g/mol. The molecule has 0 aromatic heterocycles. The summed E-state index contributed by atoms with van der Waals surface area (Å²) >= 11 is 0. The summed E-state index contributed by atoms with van der Waals surface area (Å²) in [4.78, 5) is 24.5. The van der Waals surface area contributed by atoms with E-state index in [0.717, 1.165) is 18.5 Å². The molecule has 3 unspecified atom stereocenters. The van der Waals surface area contributed by atoms with Crippen LogP contribution >= 0.6 is 0 Å². The zero-order valence-corrected chi connectivity index (χ0v) is 44.3. The van der Waals surface area contributed by atoms with Gasteiger partial charge < -0.3 is 22.4 Å². The summed E-state index contributed by atoms with van der Waals surface area (Å²) < 4.78 is 34.8. The van der Waals surface area contributed by atoms with Gasteiger partial charge in [0.2, 0.25) is 8.32 Å². The summed E-state index contributed by atoms with van der Waals surface area (Å²) in [6.45, 7) is 53.6. The lowest BCUT2D eigenvalue weighted by Crippen LogP contribution is -2.68. The number of hydrogen-bond acceptors (Lipinski definition) is 7. The summed E-state index contributed by atoms with van der Waals surface area (Å²) in [5.74, 6) is -1.17. The Labute approximate surface area is 334 Å². The minimum atomic E-state index is -2.79. The Kier molecular flexibility index (Phi) is 16.5. The van der Waals surface area contributed by atoms with Gasteiger partial charge in [0.15, 0.2) is 25.0 Å². The Balaban J connectivity index is 3.82. The SMILES string of the molecule is CCCCCC[Si](C)(OC(C)(C)[Si](C)(C)C)C(C)(C)C(C)(C)O[Si](C)(CCCC1CC(=O)OC1=O)C(C)(C)C(C)(C)O[Si](C)(C)C(C)(C)O[Si](C)(C)C. The van der Waals surface area contributed by atoms with Crippen LogP contribution in [0.2, 0.25) is 87.6 Å². The summed E-state index contributed by atoms with van der Waals surface area (Å²) in [7, 11) is -11.2. The van der Waals surface area contributed by atoms with Gasteiger partial charge in [0.25, 0.3) is 0 Å². The largest absolute Gasteiger partial charge is 0.414 e. The lowest BCUT2D eigenvalue weighted by molar-refractivity contribution is -0.153. The van der Waals surface area contributed by atoms with E-state index in [0.29, 0.717) is 6.42 Å². The maximum Gasteiger partial charge on any atom is 0.317 e. The first-order valence-electron chi connectivity index (χ1n) is 20.8. The van der Waals surface area contributed by atoms with Crippen molar-refractivity contribution in [2.24, 2.45) is 5.92 Å². The predicted molar refractivity (Wildman–Crippen MR) is 238 cm³/mol. The highest BCUT2D eigenvalue weighted by atomic mass is 28.4. The van der Waals surface area contributed by atoms with Crippen LogP contribution in [0, 0.1) is 5.92 Å². The molecule has 0 aromatic carbocycles. The molecule has 3 atom stereocenters. The smallest absolute Gasteiger partial charge is 0.317 e. The van der Waals surface area contributed by atoms with Crippen LogP contribution in [0.25, 0.3) is 0 Å². The van der Waals surface area contributed by atoms with Crippen molar-refractivity contribution in [2.75, 3.05) is 0 Å². The minimum absolute atomic E-state index is 0.173. The van der Waals surface area contributed by atoms with Crippen LogP contribution in [0.5, 0.6) is 0 Å². The zero-order chi connectivity index (χ0) is 42.1. The predicted octanol–water partition coefficient (Wildman–Crippen LogP) is 12.8. The standard InChI is InChI=1S/C41H88O7Si5/c1-24-25-26-27-30-53(23,48-40(10,11)49(14,15)16)39(8,9)37(4,5)46-52(22,31-28-29-33-32-34(42)44-35(33)43)38(6,7)36(2,3)45-51(20,21)41(12,13)47-50(17,18)19/h33H,24-32H2,1-23H3. The Morgan fingerprint density at radius 1 is 0.585 bits per heavy atom. The van der Waals surface area contributed by atoms with E-state index in [2.05, 4.69) is 155 Å². The lowest BCUT2D eigenvalue weighted by Gasteiger charge is -2.61. The Morgan fingerprint density at radius 3 is 1.45 bits per heavy atom. The van der Waals surface area contributed by atoms with Gasteiger partial charge in [-0.05, 0) is 120 Å². The molecule has 0 aromatic rings. The fourth-order valence-corrected chi connectivity index (χ4v) is 24.0. The molecule has 0 aliphatic carbocycles. The fourth-order valence-electron chi connectivity index (χ4n) is 7.76. The molecule has 12 heteroatoms. The first-order chi connectivity index (χ1) is 23.3. The second-order valence-electron chi connectivity index (χ2n) is 22.4. The maximum atomic E-state index is 12.5. The van der Waals surface area contributed by atoms with Gasteiger partial charge in [0.1, 0.15) is 0 Å². The molecule has 1 rings (SSSR count). The molecule has 1 aliphatic rings. The molecule has 53 heavy (non-hydrogen) atoms. The normalized spacial score (nSPS) is 20.0. The summed E-state index contributed by atoms with van der Waals surface area (Å²) in [6.07, 6.45) is 6.42. The molecule has 1 saturated heterocycles. The van der Waals surface area contributed by atoms with Crippen LogP contribution < -0.4 is 0 Å². The van der Waals surface area contributed by atoms with Crippen LogP contribution in [0.3, 0.4) is 0 Å². The third kappa shape index (κ3) is 12.1. The first kappa shape index (κ1) is 51.1. The van der Waals surface area contributed by atoms with Gasteiger partial charge >= 0.3 is 11.9 Å². The van der Waals surface area contributed by atoms with Gasteiger partial charge in [-0.15, -0.1) is 0 Å². The molecule has 0 bridgehead atoms. The molecule has 7 nitrogen and oxygen atoms in total. The van der Waals surface area contributed by atoms with Crippen molar-refractivity contribution >= 4 is 53.3 Å². The topological polar surface area (TPSA) is 80.3 Å². The molecule has 0 saturated carbocycles. The summed E-state index contributed by atoms with van der Waals surface area (Å²) in [5, 5.41) is -1.18. The van der Waals surface area contributed by atoms with Crippen molar-refractivity contribution < 1.29 is 32.0 Å². The van der Waals surface area contributed by atoms with Crippen molar-refractivity contribution in [3.63, 3.8) is 0 Å². The number of cyclic esters (lactones) is 2. The van der Waals surface area contributed by atoms with Crippen LogP contribution in [0.4, 0.5) is 0 Å². The Bertz CT molecular complexity index is 1250. The Hall–Kier alpha value is 0.0644. The number of unbranched alkanes of at least 4 members (excludes halogenated alkanes) is 3. The van der Waals surface area contributed by atoms with Crippen LogP contribution in [-0.2, 0) is 32.0 Å². The molecular formula is C41H88O7Si5. The monoisotopic (exact) mass is 833 g/mol. The van der Waals surface area contributed by atoms with Crippen LogP contribution in [0.15, 0.2) is 0 Å². The van der Waals surface area contributed by atoms with Crippen LogP contribution in [0.1, 0.15) is 135 Å². The highest BCUT2D eigenvalue weighted by Gasteiger charge is 2.63. The summed E-state index contributed by atoms with van der Waals surface area (Å²) in [5.41, 5.74) is -1.08. The van der Waals surface area contributed by atoms with Crippen molar-refractivity contribution in [1.82, 2.24) is 0 Å². The second-order valence-corrected chi connectivity index (χ2v) is 45.8. The molecule has 0 N–H and O–H groups in total. The number of hydrogen-bond donors (Lipinski definition) is 0. The second kappa shape index (κ2) is 17.1. The molecule has 314 valence electrons. The van der Waals surface area contributed by atoms with E-state index in [1.54, 1.807) is 0 Å². The van der Waals surface area contributed by atoms with E-state index < -0.39 is 58.5 Å². The fraction of sp³-hybridized carbons (Fsp3) is 0.951. The van der Waals surface area contributed by atoms with E-state index in [-0.39, 0.29) is 38.8 Å². The van der Waals surface area contributed by atoms with E-state index in [4.69, 9.17) is 22.4 Å². The molecule has 1 aliphatic heterocycles. The van der Waals surface area contributed by atoms with Crippen molar-refractivity contribution in [3.05, 3.63) is 0 Å². The third-order valence-electron chi connectivity index (χ3n) is 14.6. The third-order valence-corrected chi connectivity index (χ3v) is 34.9. The molecule has 0 spiro atoms. The van der Waals surface area contributed by atoms with Gasteiger partial charge in [-0.25, -0.2) is 0 Å². The number of carbonyl (C=O) groups excluding carboxylic acids is 2. The van der Waals surface area contributed by atoms with E-state index in [9.17, 15) is 9.59 Å². The first-order valence-corrected chi connectivity index (χ1v) is 35.9. The van der Waals surface area contributed by atoms with Crippen molar-refractivity contribution in [3.8, 4) is 0 Å². The Morgan fingerprint density at radius 2 is 1.04 bits per heavy atom. The number of ether oxygens (including phenoxy) is 1. The minimum Gasteiger partial charge on any atom is -0.414 e. The highest BCUT2D eigenvalue weighted by Crippen LogP contribution is 2.59. The van der Waals surface area contributed by atoms with E-state index in [1.165, 1.54) is 25.7 Å². The number of esters is 2. The van der Waals surface area contributed by atoms with E-state index >= 15 is 0 Å². The maximum absolute atomic E-state index is 12.5. The zero-order valence-electron chi connectivity index (χ0n) is 39.3. The van der Waals surface area contributed by atoms with Gasteiger partial charge in [0, 0.05) is 15.3 Å². The van der Waals surface area contributed by atoms with Gasteiger partial charge in [-0.2, -0.15) is 0 Å². The number of rotatable bonds is 23. The molecular weight excluding hydrogens is 745 g/mol. The number of carbonyl (C=O) groups is 2. The van der Waals surface area contributed by atoms with Crippen molar-refractivity contribution in [2.45, 2.75) is 244 Å². The molecule has 0 amide bonds. The molecule has 1 heterocycles. The van der Waals surface area contributed by atoms with Gasteiger partial charge in [0.05, 0.1) is 36.8 Å². The lowest BCUT2D eigenvalue weighted by atomic mass is 9.93. The summed E-state index contributed by atoms with van der Waals surface area (Å²) in [6, 6.07) is 1.93. The average Bonchev–Trinajstić information content (AvgIpc) is 3.23. The molecule has 1 fully saturated rings. The van der Waals surface area contributed by atoms with Crippen molar-refractivity contribution in [1.29, 1.82) is 0 Å². The quantitative estimate of drug-likeness (QED) is 0.0439. The van der Waals surface area contributed by atoms with Gasteiger partial charge in [-0.1, -0.05) is 86.4 Å². The molecule has 0 radical (unpaired) electrons. The van der Waals surface area contributed by atoms with Gasteiger partial charge in [-0.3, -0.25) is 9.59 Å². The van der Waals surface area contributed by atoms with Crippen LogP contribution in [-0.4, -0.2) is 74.9 Å². The highest BCUT2D eigenvalue weighted by molar-refractivity contribution is 6.82.